The maximum Gasteiger partial charge on any atom is 0.271 e. The van der Waals surface area contributed by atoms with E-state index in [2.05, 4.69) is 26.1 Å². The minimum Gasteiger partial charge on any atom is -0.393 e. The lowest BCUT2D eigenvalue weighted by Gasteiger charge is -2.14. The number of halogens is 1. The van der Waals surface area contributed by atoms with E-state index in [-0.39, 0.29) is 11.5 Å². The fourth-order valence-corrected chi connectivity index (χ4v) is 2.49. The van der Waals surface area contributed by atoms with Gasteiger partial charge >= 0.3 is 0 Å². The molecule has 8 heteroatoms. The van der Waals surface area contributed by atoms with Crippen molar-refractivity contribution in [3.63, 3.8) is 0 Å². The summed E-state index contributed by atoms with van der Waals surface area (Å²) in [5.41, 5.74) is 13.9. The normalized spacial score (nSPS) is 10.2. The molecule has 1 heterocycles. The van der Waals surface area contributed by atoms with E-state index in [0.29, 0.717) is 16.4 Å². The lowest BCUT2D eigenvalue weighted by molar-refractivity contribution is 0.0962. The van der Waals surface area contributed by atoms with Gasteiger partial charge in [-0.15, -0.1) is 0 Å². The van der Waals surface area contributed by atoms with E-state index in [9.17, 15) is 4.79 Å². The first-order valence-electron chi connectivity index (χ1n) is 7.80. The van der Waals surface area contributed by atoms with Gasteiger partial charge in [-0.3, -0.25) is 15.6 Å². The number of nitrogens with one attached hydrogen (secondary N) is 3. The van der Waals surface area contributed by atoms with Crippen LogP contribution < -0.4 is 21.9 Å². The van der Waals surface area contributed by atoms with Crippen LogP contribution in [0.5, 0.6) is 0 Å². The number of nitrogens with two attached hydrogens (primary N) is 1. The van der Waals surface area contributed by atoms with Crippen molar-refractivity contribution < 1.29 is 4.79 Å². The molecule has 0 spiro atoms. The Hall–Kier alpha value is -3.32. The molecule has 0 saturated heterocycles. The van der Waals surface area contributed by atoms with Crippen molar-refractivity contribution in [2.24, 2.45) is 0 Å². The zero-order valence-corrected chi connectivity index (χ0v) is 14.7. The second-order valence-electron chi connectivity index (χ2n) is 5.48. The molecule has 0 fully saturated rings. The second kappa shape index (κ2) is 7.71. The van der Waals surface area contributed by atoms with Crippen molar-refractivity contribution in [2.45, 2.75) is 6.92 Å². The summed E-state index contributed by atoms with van der Waals surface area (Å²) in [6, 6.07) is 14.5. The molecule has 0 aliphatic carbocycles. The highest BCUT2D eigenvalue weighted by molar-refractivity contribution is 6.33. The van der Waals surface area contributed by atoms with Crippen LogP contribution in [0.2, 0.25) is 5.02 Å². The first kappa shape index (κ1) is 17.5. The molecule has 0 radical (unpaired) electrons. The minimum absolute atomic E-state index is 0.273. The van der Waals surface area contributed by atoms with Gasteiger partial charge in [0.25, 0.3) is 5.91 Å². The molecule has 1 aromatic heterocycles. The third kappa shape index (κ3) is 3.84. The van der Waals surface area contributed by atoms with Gasteiger partial charge in [0.15, 0.2) is 11.6 Å². The summed E-state index contributed by atoms with van der Waals surface area (Å²) >= 11 is 6.01. The molecule has 1 amide bonds. The summed E-state index contributed by atoms with van der Waals surface area (Å²) in [4.78, 5) is 20.4. The highest BCUT2D eigenvalue weighted by Gasteiger charge is 2.12. The quantitative estimate of drug-likeness (QED) is 0.513. The highest BCUT2D eigenvalue weighted by atomic mass is 35.5. The molecule has 0 atom stereocenters. The van der Waals surface area contributed by atoms with Crippen LogP contribution in [0.25, 0.3) is 0 Å². The maximum absolute atomic E-state index is 12.2. The van der Waals surface area contributed by atoms with Gasteiger partial charge in [0, 0.05) is 5.69 Å². The molecule has 132 valence electrons. The van der Waals surface area contributed by atoms with Crippen LogP contribution in [0, 0.1) is 6.92 Å². The third-order valence-electron chi connectivity index (χ3n) is 3.69. The molecule has 3 aromatic rings. The monoisotopic (exact) mass is 368 g/mol. The third-order valence-corrected chi connectivity index (χ3v) is 4.02. The number of hydrogen-bond donors (Lipinski definition) is 4. The van der Waals surface area contributed by atoms with Crippen LogP contribution >= 0.6 is 11.6 Å². The van der Waals surface area contributed by atoms with Gasteiger partial charge in [0.05, 0.1) is 10.6 Å². The molecule has 0 aliphatic heterocycles. The fourth-order valence-electron chi connectivity index (χ4n) is 2.26. The van der Waals surface area contributed by atoms with Crippen LogP contribution in [0.4, 0.5) is 23.0 Å². The van der Waals surface area contributed by atoms with Gasteiger partial charge in [-0.05, 0) is 30.7 Å². The van der Waals surface area contributed by atoms with Gasteiger partial charge < -0.3 is 11.1 Å². The summed E-state index contributed by atoms with van der Waals surface area (Å²) in [6.07, 6.45) is 1.35. The van der Waals surface area contributed by atoms with Crippen molar-refractivity contribution >= 4 is 40.5 Å². The number of carbonyl (C=O) groups is 1. The van der Waals surface area contributed by atoms with E-state index >= 15 is 0 Å². The standard InChI is InChI=1S/C18H17ClN6O/c1-11-6-2-5-9-14(11)23-16-15(20)17(22-10-21-16)24-25-18(26)12-7-3-4-8-13(12)19/h2-10H,20H2,1H3,(H,25,26)(H2,21,22,23,24). The smallest absolute Gasteiger partial charge is 0.271 e. The average Bonchev–Trinajstić information content (AvgIpc) is 2.64. The molecule has 5 N–H and O–H groups in total. The van der Waals surface area contributed by atoms with Gasteiger partial charge in [0.2, 0.25) is 0 Å². The number of hydrogen-bond acceptors (Lipinski definition) is 6. The van der Waals surface area contributed by atoms with Crippen LogP contribution in [-0.2, 0) is 0 Å². The lowest BCUT2D eigenvalue weighted by atomic mass is 10.2. The summed E-state index contributed by atoms with van der Waals surface area (Å²) in [7, 11) is 0. The maximum atomic E-state index is 12.2. The molecular formula is C18H17ClN6O. The number of anilines is 4. The number of para-hydroxylation sites is 1. The predicted molar refractivity (Wildman–Crippen MR) is 103 cm³/mol. The second-order valence-corrected chi connectivity index (χ2v) is 5.89. The highest BCUT2D eigenvalue weighted by Crippen LogP contribution is 2.26. The zero-order valence-electron chi connectivity index (χ0n) is 14.0. The summed E-state index contributed by atoms with van der Waals surface area (Å²) < 4.78 is 0. The Kier molecular flexibility index (Phi) is 5.19. The van der Waals surface area contributed by atoms with E-state index in [1.165, 1.54) is 6.33 Å². The van der Waals surface area contributed by atoms with E-state index in [4.69, 9.17) is 17.3 Å². The number of benzene rings is 2. The SMILES string of the molecule is Cc1ccccc1Nc1ncnc(NNC(=O)c2ccccc2Cl)c1N. The van der Waals surface area contributed by atoms with E-state index in [1.807, 2.05) is 31.2 Å². The van der Waals surface area contributed by atoms with Crippen molar-refractivity contribution in [3.8, 4) is 0 Å². The molecule has 3 rings (SSSR count). The van der Waals surface area contributed by atoms with Crippen LogP contribution in [0.3, 0.4) is 0 Å². The Balaban J connectivity index is 1.74. The van der Waals surface area contributed by atoms with Crippen molar-refractivity contribution in [3.05, 3.63) is 71.0 Å². The number of nitrogen functional groups attached to an aromatic ring is 1. The average molecular weight is 369 g/mol. The first-order chi connectivity index (χ1) is 12.6. The molecule has 0 bridgehead atoms. The molecule has 0 unspecified atom stereocenters. The van der Waals surface area contributed by atoms with Crippen molar-refractivity contribution in [2.75, 3.05) is 16.5 Å². The molecule has 2 aromatic carbocycles. The summed E-state index contributed by atoms with van der Waals surface area (Å²) in [5.74, 6) is 0.308. The largest absolute Gasteiger partial charge is 0.393 e. The number of hydrazine groups is 1. The van der Waals surface area contributed by atoms with E-state index in [0.717, 1.165) is 11.3 Å². The Morgan fingerprint density at radius 1 is 1.04 bits per heavy atom. The Morgan fingerprint density at radius 2 is 1.73 bits per heavy atom. The molecule has 7 nitrogen and oxygen atoms in total. The van der Waals surface area contributed by atoms with Crippen LogP contribution in [-0.4, -0.2) is 15.9 Å². The zero-order chi connectivity index (χ0) is 18.5. The topological polar surface area (TPSA) is 105 Å². The molecule has 0 aliphatic rings. The predicted octanol–water partition coefficient (Wildman–Crippen LogP) is 3.52. The number of rotatable bonds is 5. The molecular weight excluding hydrogens is 352 g/mol. The first-order valence-corrected chi connectivity index (χ1v) is 8.18. The summed E-state index contributed by atoms with van der Waals surface area (Å²) in [5, 5.41) is 3.51. The van der Waals surface area contributed by atoms with Gasteiger partial charge in [-0.25, -0.2) is 9.97 Å². The minimum atomic E-state index is -0.401. The van der Waals surface area contributed by atoms with Crippen molar-refractivity contribution in [1.29, 1.82) is 0 Å². The number of aromatic nitrogens is 2. The number of aryl methyl sites for hydroxylation is 1. The van der Waals surface area contributed by atoms with Gasteiger partial charge in [-0.1, -0.05) is 41.9 Å². The van der Waals surface area contributed by atoms with Gasteiger partial charge in [0.1, 0.15) is 12.0 Å². The number of nitrogens with zero attached hydrogens (tertiary/aromatic N) is 2. The lowest BCUT2D eigenvalue weighted by Crippen LogP contribution is -2.30. The molecule has 26 heavy (non-hydrogen) atoms. The summed E-state index contributed by atoms with van der Waals surface area (Å²) in [6.45, 7) is 1.97. The van der Waals surface area contributed by atoms with Crippen molar-refractivity contribution in [1.82, 2.24) is 15.4 Å². The van der Waals surface area contributed by atoms with E-state index in [1.54, 1.807) is 24.3 Å². The molecule has 0 saturated carbocycles. The number of amides is 1. The Bertz CT molecular complexity index is 946. The Labute approximate surface area is 155 Å². The van der Waals surface area contributed by atoms with Crippen LogP contribution in [0.1, 0.15) is 15.9 Å². The van der Waals surface area contributed by atoms with Crippen LogP contribution in [0.15, 0.2) is 54.9 Å². The van der Waals surface area contributed by atoms with E-state index < -0.39 is 5.91 Å². The fraction of sp³-hybridized carbons (Fsp3) is 0.0556. The number of carbonyl (C=O) groups excluding carboxylic acids is 1. The van der Waals surface area contributed by atoms with Gasteiger partial charge in [-0.2, -0.15) is 0 Å². The Morgan fingerprint density at radius 3 is 2.50 bits per heavy atom.